The fraction of sp³-hybridized carbons (Fsp3) is 0.0909. The lowest BCUT2D eigenvalue weighted by atomic mass is 10.1. The molecular weight excluding hydrogens is 516 g/mol. The van der Waals surface area contributed by atoms with Crippen LogP contribution in [-0.2, 0) is 9.59 Å². The van der Waals surface area contributed by atoms with Gasteiger partial charge in [-0.1, -0.05) is 56.1 Å². The molecule has 8 heteroatoms. The average molecular weight is 534 g/mol. The molecule has 0 heterocycles. The second kappa shape index (κ2) is 9.99. The Hall–Kier alpha value is -2.52. The fourth-order valence-corrected chi connectivity index (χ4v) is 3.18. The lowest BCUT2D eigenvalue weighted by Crippen LogP contribution is -2.21. The Balaban J connectivity index is 1.59. The first-order valence-corrected chi connectivity index (χ1v) is 10.5. The van der Waals surface area contributed by atoms with Crippen molar-refractivity contribution in [2.45, 2.75) is 12.2 Å². The zero-order chi connectivity index (χ0) is 21.7. The van der Waals surface area contributed by atoms with E-state index in [2.05, 4.69) is 42.5 Å². The van der Waals surface area contributed by atoms with Crippen molar-refractivity contribution < 1.29 is 19.8 Å². The van der Waals surface area contributed by atoms with Crippen molar-refractivity contribution in [2.75, 3.05) is 10.6 Å². The number of halogens is 2. The van der Waals surface area contributed by atoms with Gasteiger partial charge in [0.15, 0.2) is 12.2 Å². The molecule has 0 aliphatic carbocycles. The third-order valence-electron chi connectivity index (χ3n) is 4.29. The number of aliphatic hydroxyl groups is 2. The standard InChI is InChI=1S/C22H18Br2N2O4/c23-15-5-1-13(2-6-15)19(27)21(29)25-17-9-11-18(12-10-17)26-22(30)20(28)14-3-7-16(24)8-4-14/h1-12,19-20,27-28H,(H,25,29)(H,26,30). The van der Waals surface area contributed by atoms with E-state index in [1.54, 1.807) is 72.8 Å². The van der Waals surface area contributed by atoms with Crippen LogP contribution in [0.15, 0.2) is 81.7 Å². The molecule has 0 aliphatic heterocycles. The molecule has 0 saturated carbocycles. The van der Waals surface area contributed by atoms with Crippen LogP contribution >= 0.6 is 31.9 Å². The van der Waals surface area contributed by atoms with Gasteiger partial charge in [0.05, 0.1) is 0 Å². The zero-order valence-corrected chi connectivity index (χ0v) is 18.7. The monoisotopic (exact) mass is 532 g/mol. The van der Waals surface area contributed by atoms with Gasteiger partial charge in [-0.05, 0) is 59.7 Å². The van der Waals surface area contributed by atoms with Crippen LogP contribution in [0.2, 0.25) is 0 Å². The predicted molar refractivity (Wildman–Crippen MR) is 122 cm³/mol. The smallest absolute Gasteiger partial charge is 0.257 e. The second-order valence-corrected chi connectivity index (χ2v) is 8.30. The van der Waals surface area contributed by atoms with E-state index < -0.39 is 24.0 Å². The largest absolute Gasteiger partial charge is 0.378 e. The maximum absolute atomic E-state index is 12.3. The van der Waals surface area contributed by atoms with Crippen LogP contribution in [0.1, 0.15) is 23.3 Å². The Morgan fingerprint density at radius 2 is 0.900 bits per heavy atom. The number of rotatable bonds is 6. The van der Waals surface area contributed by atoms with Gasteiger partial charge in [-0.2, -0.15) is 0 Å². The highest BCUT2D eigenvalue weighted by Gasteiger charge is 2.19. The van der Waals surface area contributed by atoms with Gasteiger partial charge in [0.2, 0.25) is 0 Å². The number of carbonyl (C=O) groups is 2. The summed E-state index contributed by atoms with van der Waals surface area (Å²) in [5, 5.41) is 25.6. The SMILES string of the molecule is O=C(Nc1ccc(NC(=O)C(O)c2ccc(Br)cc2)cc1)C(O)c1ccc(Br)cc1. The van der Waals surface area contributed by atoms with Crippen LogP contribution in [-0.4, -0.2) is 22.0 Å². The van der Waals surface area contributed by atoms with Crippen molar-refractivity contribution in [1.82, 2.24) is 0 Å². The van der Waals surface area contributed by atoms with Gasteiger partial charge in [-0.25, -0.2) is 0 Å². The summed E-state index contributed by atoms with van der Waals surface area (Å²) >= 11 is 6.61. The minimum absolute atomic E-state index is 0.461. The Kier molecular flexibility index (Phi) is 7.38. The van der Waals surface area contributed by atoms with Gasteiger partial charge in [-0.15, -0.1) is 0 Å². The van der Waals surface area contributed by atoms with E-state index in [4.69, 9.17) is 0 Å². The zero-order valence-electron chi connectivity index (χ0n) is 15.5. The molecule has 4 N–H and O–H groups in total. The molecule has 0 aliphatic rings. The van der Waals surface area contributed by atoms with E-state index in [-0.39, 0.29) is 0 Å². The van der Waals surface area contributed by atoms with Gasteiger partial charge in [0.1, 0.15) is 0 Å². The van der Waals surface area contributed by atoms with E-state index in [0.717, 1.165) is 8.95 Å². The van der Waals surface area contributed by atoms with Crippen LogP contribution in [0.25, 0.3) is 0 Å². The average Bonchev–Trinajstić information content (AvgIpc) is 2.75. The van der Waals surface area contributed by atoms with Gasteiger partial charge < -0.3 is 20.8 Å². The third-order valence-corrected chi connectivity index (χ3v) is 5.35. The summed E-state index contributed by atoms with van der Waals surface area (Å²) in [6, 6.07) is 20.0. The minimum atomic E-state index is -1.31. The van der Waals surface area contributed by atoms with E-state index in [9.17, 15) is 19.8 Å². The number of carbonyl (C=O) groups excluding carboxylic acids is 2. The van der Waals surface area contributed by atoms with E-state index >= 15 is 0 Å². The lowest BCUT2D eigenvalue weighted by molar-refractivity contribution is -0.124. The molecule has 0 saturated heterocycles. The number of hydrogen-bond donors (Lipinski definition) is 4. The fourth-order valence-electron chi connectivity index (χ4n) is 2.65. The predicted octanol–water partition coefficient (Wildman–Crippen LogP) is 4.56. The molecule has 0 spiro atoms. The highest BCUT2D eigenvalue weighted by atomic mass is 79.9. The summed E-state index contributed by atoms with van der Waals surface area (Å²) < 4.78 is 1.70. The molecule has 6 nitrogen and oxygen atoms in total. The van der Waals surface area contributed by atoms with Crippen LogP contribution < -0.4 is 10.6 Å². The van der Waals surface area contributed by atoms with Crippen LogP contribution in [0.3, 0.4) is 0 Å². The summed E-state index contributed by atoms with van der Waals surface area (Å²) in [7, 11) is 0. The van der Waals surface area contributed by atoms with Crippen molar-refractivity contribution in [2.24, 2.45) is 0 Å². The number of benzene rings is 3. The van der Waals surface area contributed by atoms with Crippen molar-refractivity contribution in [3.8, 4) is 0 Å². The highest BCUT2D eigenvalue weighted by Crippen LogP contribution is 2.22. The summed E-state index contributed by atoms with van der Waals surface area (Å²) in [5.74, 6) is -1.14. The molecule has 2 atom stereocenters. The summed E-state index contributed by atoms with van der Waals surface area (Å²) in [6.07, 6.45) is -2.61. The molecule has 0 aromatic heterocycles. The number of nitrogens with one attached hydrogen (secondary N) is 2. The van der Waals surface area contributed by atoms with Crippen molar-refractivity contribution in [3.63, 3.8) is 0 Å². The number of amides is 2. The van der Waals surface area contributed by atoms with E-state index in [1.807, 2.05) is 0 Å². The molecule has 0 radical (unpaired) electrons. The molecule has 0 bridgehead atoms. The van der Waals surface area contributed by atoms with Crippen LogP contribution in [0.5, 0.6) is 0 Å². The number of aliphatic hydroxyl groups excluding tert-OH is 2. The molecule has 154 valence electrons. The second-order valence-electron chi connectivity index (χ2n) is 6.46. The van der Waals surface area contributed by atoms with Gasteiger partial charge in [0, 0.05) is 20.3 Å². The van der Waals surface area contributed by atoms with Gasteiger partial charge in [0.25, 0.3) is 11.8 Å². The number of hydrogen-bond acceptors (Lipinski definition) is 4. The van der Waals surface area contributed by atoms with Crippen molar-refractivity contribution >= 4 is 55.0 Å². The topological polar surface area (TPSA) is 98.7 Å². The molecule has 2 amide bonds. The van der Waals surface area contributed by atoms with Gasteiger partial charge in [-0.3, -0.25) is 9.59 Å². The lowest BCUT2D eigenvalue weighted by Gasteiger charge is -2.14. The normalized spacial score (nSPS) is 12.7. The number of anilines is 2. The molecule has 2 unspecified atom stereocenters. The quantitative estimate of drug-likeness (QED) is 0.373. The van der Waals surface area contributed by atoms with Crippen molar-refractivity contribution in [3.05, 3.63) is 92.9 Å². The molecule has 3 rings (SSSR count). The van der Waals surface area contributed by atoms with E-state index in [1.165, 1.54) is 0 Å². The Morgan fingerprint density at radius 1 is 0.600 bits per heavy atom. The van der Waals surface area contributed by atoms with Crippen LogP contribution in [0.4, 0.5) is 11.4 Å². The summed E-state index contributed by atoms with van der Waals surface area (Å²) in [5.41, 5.74) is 1.87. The summed E-state index contributed by atoms with van der Waals surface area (Å²) in [4.78, 5) is 24.5. The molecule has 3 aromatic rings. The van der Waals surface area contributed by atoms with Crippen LogP contribution in [0, 0.1) is 0 Å². The maximum Gasteiger partial charge on any atom is 0.257 e. The minimum Gasteiger partial charge on any atom is -0.378 e. The first-order chi connectivity index (χ1) is 14.3. The van der Waals surface area contributed by atoms with Gasteiger partial charge >= 0.3 is 0 Å². The Labute approximate surface area is 190 Å². The molecule has 30 heavy (non-hydrogen) atoms. The van der Waals surface area contributed by atoms with Crippen molar-refractivity contribution in [1.29, 1.82) is 0 Å². The summed E-state index contributed by atoms with van der Waals surface area (Å²) in [6.45, 7) is 0. The van der Waals surface area contributed by atoms with E-state index in [0.29, 0.717) is 22.5 Å². The Bertz CT molecular complexity index is 938. The maximum atomic E-state index is 12.3. The molecule has 3 aromatic carbocycles. The third kappa shape index (κ3) is 5.76. The first-order valence-electron chi connectivity index (χ1n) is 8.92. The first kappa shape index (κ1) is 22.2. The Morgan fingerprint density at radius 3 is 1.20 bits per heavy atom. The molecule has 0 fully saturated rings. The highest BCUT2D eigenvalue weighted by molar-refractivity contribution is 9.10. The molecular formula is C22H18Br2N2O4.